The second kappa shape index (κ2) is 2.33. The summed E-state index contributed by atoms with van der Waals surface area (Å²) in [4.78, 5) is 10.2. The molecule has 1 heterocycles. The van der Waals surface area contributed by atoms with Gasteiger partial charge in [0.05, 0.1) is 0 Å². The third-order valence-electron chi connectivity index (χ3n) is 0.760. The summed E-state index contributed by atoms with van der Waals surface area (Å²) in [5.74, 6) is -0.225. The smallest absolute Gasteiger partial charge is 0.185 e. The molecule has 0 saturated heterocycles. The first-order valence-electron chi connectivity index (χ1n) is 2.05. The molecule has 0 radical (unpaired) electrons. The third kappa shape index (κ3) is 1.04. The van der Waals surface area contributed by atoms with Gasteiger partial charge in [-0.2, -0.15) is 4.37 Å². The Bertz CT molecular complexity index is 234. The molecule has 5 heteroatoms. The summed E-state index contributed by atoms with van der Waals surface area (Å²) < 4.78 is 3.51. The average molecular weight is 164 g/mol. The van der Waals surface area contributed by atoms with Crippen molar-refractivity contribution in [3.05, 3.63) is 10.0 Å². The maximum absolute atomic E-state index is 9.99. The molecule has 1 N–H and O–H groups in total. The van der Waals surface area contributed by atoms with Crippen LogP contribution in [-0.4, -0.2) is 15.8 Å². The van der Waals surface area contributed by atoms with Gasteiger partial charge in [-0.15, -0.1) is 0 Å². The number of hydrogen-bond donors (Lipinski definition) is 1. The van der Waals surface area contributed by atoms with Gasteiger partial charge in [0.15, 0.2) is 17.2 Å². The van der Waals surface area contributed by atoms with Crippen molar-refractivity contribution in [1.82, 2.24) is 4.37 Å². The Labute approximate surface area is 60.1 Å². The molecule has 0 amide bonds. The zero-order valence-electron chi connectivity index (χ0n) is 4.17. The van der Waals surface area contributed by atoms with Gasteiger partial charge in [0.1, 0.15) is 4.88 Å². The number of hydrogen-bond acceptors (Lipinski definition) is 4. The monoisotopic (exact) mass is 163 g/mol. The van der Waals surface area contributed by atoms with Crippen LogP contribution in [-0.2, 0) is 0 Å². The Morgan fingerprint density at radius 1 is 1.78 bits per heavy atom. The summed E-state index contributed by atoms with van der Waals surface area (Å²) in [7, 11) is 0. The highest BCUT2D eigenvalue weighted by molar-refractivity contribution is 7.08. The van der Waals surface area contributed by atoms with E-state index >= 15 is 0 Å². The minimum Gasteiger partial charge on any atom is -0.504 e. The van der Waals surface area contributed by atoms with Gasteiger partial charge in [0.2, 0.25) is 0 Å². The summed E-state index contributed by atoms with van der Waals surface area (Å²) in [6.45, 7) is 0. The number of carbonyl (C=O) groups is 1. The molecule has 0 atom stereocenters. The Morgan fingerprint density at radius 2 is 2.44 bits per heavy atom. The van der Waals surface area contributed by atoms with E-state index in [2.05, 4.69) is 4.37 Å². The number of aromatic nitrogens is 1. The van der Waals surface area contributed by atoms with Crippen LogP contribution in [0.3, 0.4) is 0 Å². The van der Waals surface area contributed by atoms with E-state index in [1.165, 1.54) is 0 Å². The van der Waals surface area contributed by atoms with Crippen LogP contribution in [0.25, 0.3) is 0 Å². The molecule has 0 aromatic carbocycles. The molecule has 1 aromatic heterocycles. The molecule has 0 aliphatic rings. The molecule has 0 saturated carbocycles. The fraction of sp³-hybridized carbons (Fsp3) is 0. The van der Waals surface area contributed by atoms with Gasteiger partial charge in [0.25, 0.3) is 0 Å². The first-order valence-corrected chi connectivity index (χ1v) is 3.20. The van der Waals surface area contributed by atoms with E-state index in [0.717, 1.165) is 11.5 Å². The molecule has 48 valence electrons. The van der Waals surface area contributed by atoms with Gasteiger partial charge in [0, 0.05) is 0 Å². The maximum atomic E-state index is 9.99. The summed E-state index contributed by atoms with van der Waals surface area (Å²) in [5.41, 5.74) is 0. The van der Waals surface area contributed by atoms with Gasteiger partial charge < -0.3 is 5.11 Å². The topological polar surface area (TPSA) is 50.2 Å². The van der Waals surface area contributed by atoms with Crippen LogP contribution in [0, 0.1) is 0 Å². The van der Waals surface area contributed by atoms with Crippen molar-refractivity contribution in [2.24, 2.45) is 0 Å². The lowest BCUT2D eigenvalue weighted by Gasteiger charge is -1.80. The molecule has 3 nitrogen and oxygen atoms in total. The lowest BCUT2D eigenvalue weighted by Crippen LogP contribution is -1.68. The van der Waals surface area contributed by atoms with Crippen molar-refractivity contribution in [2.75, 3.05) is 0 Å². The second-order valence-corrected chi connectivity index (χ2v) is 2.47. The fourth-order valence-corrected chi connectivity index (χ4v) is 1.11. The third-order valence-corrected chi connectivity index (χ3v) is 1.88. The first-order chi connectivity index (χ1) is 4.25. The van der Waals surface area contributed by atoms with Gasteiger partial charge in [-0.3, -0.25) is 4.79 Å². The highest BCUT2D eigenvalue weighted by atomic mass is 35.5. The van der Waals surface area contributed by atoms with Gasteiger partial charge >= 0.3 is 0 Å². The van der Waals surface area contributed by atoms with Crippen LogP contribution in [0.1, 0.15) is 9.67 Å². The SMILES string of the molecule is O=Cc1snc(Cl)c1O. The van der Waals surface area contributed by atoms with E-state index in [1.807, 2.05) is 0 Å². The quantitative estimate of drug-likeness (QED) is 0.636. The van der Waals surface area contributed by atoms with Gasteiger partial charge in [-0.25, -0.2) is 0 Å². The number of nitrogens with zero attached hydrogens (tertiary/aromatic N) is 1. The lowest BCUT2D eigenvalue weighted by molar-refractivity contribution is 0.112. The van der Waals surface area contributed by atoms with E-state index in [4.69, 9.17) is 16.7 Å². The molecule has 1 aromatic rings. The summed E-state index contributed by atoms with van der Waals surface area (Å²) in [5, 5.41) is 8.81. The molecule has 0 aliphatic carbocycles. The van der Waals surface area contributed by atoms with Crippen molar-refractivity contribution in [3.63, 3.8) is 0 Å². The van der Waals surface area contributed by atoms with E-state index in [1.54, 1.807) is 0 Å². The predicted molar refractivity (Wildman–Crippen MR) is 34.2 cm³/mol. The van der Waals surface area contributed by atoms with Gasteiger partial charge in [-0.05, 0) is 11.5 Å². The Hall–Kier alpha value is -0.610. The Morgan fingerprint density at radius 3 is 2.67 bits per heavy atom. The molecule has 0 unspecified atom stereocenters. The Balaban J connectivity index is 3.18. The summed E-state index contributed by atoms with van der Waals surface area (Å²) in [6.07, 6.45) is 0.513. The Kier molecular flexibility index (Phi) is 1.68. The molecule has 0 bridgehead atoms. The van der Waals surface area contributed by atoms with Crippen LogP contribution < -0.4 is 0 Å². The molecule has 0 spiro atoms. The van der Waals surface area contributed by atoms with Crippen LogP contribution in [0.15, 0.2) is 0 Å². The number of halogens is 1. The maximum Gasteiger partial charge on any atom is 0.185 e. The van der Waals surface area contributed by atoms with Crippen LogP contribution in [0.5, 0.6) is 5.75 Å². The van der Waals surface area contributed by atoms with E-state index in [0.29, 0.717) is 6.29 Å². The highest BCUT2D eigenvalue weighted by Gasteiger charge is 2.07. The minimum atomic E-state index is -0.225. The molecule has 0 aliphatic heterocycles. The van der Waals surface area contributed by atoms with Crippen LogP contribution in [0.4, 0.5) is 0 Å². The number of carbonyl (C=O) groups excluding carboxylic acids is 1. The molecule has 9 heavy (non-hydrogen) atoms. The summed E-state index contributed by atoms with van der Waals surface area (Å²) in [6, 6.07) is 0. The standard InChI is InChI=1S/C4H2ClNO2S/c5-4-3(8)2(1-7)9-6-4/h1,8H. The molecular formula is C4H2ClNO2S. The average Bonchev–Trinajstić information content (AvgIpc) is 2.15. The fourth-order valence-electron chi connectivity index (χ4n) is 0.355. The normalized spacial score (nSPS) is 9.44. The highest BCUT2D eigenvalue weighted by Crippen LogP contribution is 2.27. The van der Waals surface area contributed by atoms with E-state index in [-0.39, 0.29) is 15.8 Å². The molecule has 0 fully saturated rings. The van der Waals surface area contributed by atoms with Gasteiger partial charge in [-0.1, -0.05) is 11.6 Å². The van der Waals surface area contributed by atoms with Crippen molar-refractivity contribution >= 4 is 29.4 Å². The number of aldehydes is 1. The van der Waals surface area contributed by atoms with Crippen molar-refractivity contribution in [3.8, 4) is 5.75 Å². The lowest BCUT2D eigenvalue weighted by atomic mass is 10.5. The minimum absolute atomic E-state index is 0.0119. The summed E-state index contributed by atoms with van der Waals surface area (Å²) >= 11 is 6.17. The zero-order chi connectivity index (χ0) is 6.85. The van der Waals surface area contributed by atoms with Crippen molar-refractivity contribution in [2.45, 2.75) is 0 Å². The van der Waals surface area contributed by atoms with Crippen LogP contribution >= 0.6 is 23.1 Å². The second-order valence-electron chi connectivity index (χ2n) is 1.30. The number of aromatic hydroxyl groups is 1. The molecule has 1 rings (SSSR count). The first kappa shape index (κ1) is 6.51. The van der Waals surface area contributed by atoms with Crippen molar-refractivity contribution in [1.29, 1.82) is 0 Å². The van der Waals surface area contributed by atoms with E-state index in [9.17, 15) is 4.79 Å². The largest absolute Gasteiger partial charge is 0.504 e. The zero-order valence-corrected chi connectivity index (χ0v) is 5.74. The predicted octanol–water partition coefficient (Wildman–Crippen LogP) is 1.31. The van der Waals surface area contributed by atoms with E-state index < -0.39 is 0 Å². The van der Waals surface area contributed by atoms with Crippen LogP contribution in [0.2, 0.25) is 5.15 Å². The van der Waals surface area contributed by atoms with Crippen molar-refractivity contribution < 1.29 is 9.90 Å². The number of rotatable bonds is 1. The molecular weight excluding hydrogens is 162 g/mol.